The fourth-order valence-corrected chi connectivity index (χ4v) is 2.78. The van der Waals surface area contributed by atoms with Crippen molar-refractivity contribution in [1.82, 2.24) is 30.3 Å². The summed E-state index contributed by atoms with van der Waals surface area (Å²) < 4.78 is 1.98. The maximum absolute atomic E-state index is 4.26. The van der Waals surface area contributed by atoms with Crippen LogP contribution >= 0.6 is 0 Å². The summed E-state index contributed by atoms with van der Waals surface area (Å²) in [7, 11) is 3.77. The molecule has 1 aliphatic heterocycles. The Morgan fingerprint density at radius 3 is 2.61 bits per heavy atom. The molecule has 0 aliphatic carbocycles. The standard InChI is InChI=1S/C16H31N7/c1-13-6-10-23(11-7-13)9-5-8-18-16(17-3)19-12-15-21-20-14(2)22(15)4/h13H,5-12H2,1-4H3,(H2,17,18,19). The predicted octanol–water partition coefficient (Wildman–Crippen LogP) is 0.911. The van der Waals surface area contributed by atoms with Gasteiger partial charge in [-0.1, -0.05) is 6.92 Å². The van der Waals surface area contributed by atoms with Crippen LogP contribution in [-0.4, -0.2) is 58.9 Å². The summed E-state index contributed by atoms with van der Waals surface area (Å²) in [5, 5.41) is 14.9. The molecule has 130 valence electrons. The molecule has 2 heterocycles. The number of hydrogen-bond acceptors (Lipinski definition) is 4. The molecule has 0 aromatic carbocycles. The third kappa shape index (κ3) is 5.49. The Kier molecular flexibility index (Phi) is 6.83. The quantitative estimate of drug-likeness (QED) is 0.463. The minimum atomic E-state index is 0.626. The molecular weight excluding hydrogens is 290 g/mol. The zero-order chi connectivity index (χ0) is 16.7. The van der Waals surface area contributed by atoms with Crippen LogP contribution in [-0.2, 0) is 13.6 Å². The molecular formula is C16H31N7. The van der Waals surface area contributed by atoms with Gasteiger partial charge in [0.1, 0.15) is 5.82 Å². The van der Waals surface area contributed by atoms with E-state index in [0.29, 0.717) is 6.54 Å². The van der Waals surface area contributed by atoms with Crippen molar-refractivity contribution in [3.05, 3.63) is 11.6 Å². The molecule has 0 atom stereocenters. The third-order valence-corrected chi connectivity index (χ3v) is 4.64. The summed E-state index contributed by atoms with van der Waals surface area (Å²) >= 11 is 0. The summed E-state index contributed by atoms with van der Waals surface area (Å²) in [5.41, 5.74) is 0. The molecule has 0 amide bonds. The molecule has 0 bridgehead atoms. The Bertz CT molecular complexity index is 501. The zero-order valence-corrected chi connectivity index (χ0v) is 15.0. The van der Waals surface area contributed by atoms with Gasteiger partial charge in [-0.05, 0) is 51.7 Å². The molecule has 23 heavy (non-hydrogen) atoms. The molecule has 1 aromatic rings. The van der Waals surface area contributed by atoms with Crippen LogP contribution in [0, 0.1) is 12.8 Å². The Hall–Kier alpha value is -1.63. The number of aromatic nitrogens is 3. The van der Waals surface area contributed by atoms with Crippen molar-refractivity contribution in [1.29, 1.82) is 0 Å². The summed E-state index contributed by atoms with van der Waals surface area (Å²) in [6, 6.07) is 0. The Morgan fingerprint density at radius 2 is 2.00 bits per heavy atom. The van der Waals surface area contributed by atoms with Crippen LogP contribution in [0.25, 0.3) is 0 Å². The van der Waals surface area contributed by atoms with Crippen LogP contribution in [0.4, 0.5) is 0 Å². The van der Waals surface area contributed by atoms with Gasteiger partial charge in [-0.3, -0.25) is 4.99 Å². The lowest BCUT2D eigenvalue weighted by molar-refractivity contribution is 0.191. The van der Waals surface area contributed by atoms with Crippen LogP contribution in [0.15, 0.2) is 4.99 Å². The molecule has 0 unspecified atom stereocenters. The molecule has 1 saturated heterocycles. The minimum Gasteiger partial charge on any atom is -0.356 e. The Labute approximate surface area is 139 Å². The van der Waals surface area contributed by atoms with Gasteiger partial charge in [0.25, 0.3) is 0 Å². The number of nitrogens with zero attached hydrogens (tertiary/aromatic N) is 5. The first kappa shape index (κ1) is 17.7. The van der Waals surface area contributed by atoms with E-state index in [2.05, 4.69) is 37.6 Å². The molecule has 1 aromatic heterocycles. The van der Waals surface area contributed by atoms with E-state index >= 15 is 0 Å². The summed E-state index contributed by atoms with van der Waals surface area (Å²) in [6.07, 6.45) is 3.82. The largest absolute Gasteiger partial charge is 0.356 e. The van der Waals surface area contributed by atoms with Gasteiger partial charge in [0.05, 0.1) is 6.54 Å². The maximum atomic E-state index is 4.26. The van der Waals surface area contributed by atoms with Gasteiger partial charge in [-0.2, -0.15) is 0 Å². The van der Waals surface area contributed by atoms with Gasteiger partial charge in [0.2, 0.25) is 0 Å². The number of hydrogen-bond donors (Lipinski definition) is 2. The molecule has 0 radical (unpaired) electrons. The predicted molar refractivity (Wildman–Crippen MR) is 93.4 cm³/mol. The Balaban J connectivity index is 1.62. The first-order valence-electron chi connectivity index (χ1n) is 8.62. The van der Waals surface area contributed by atoms with Crippen molar-refractivity contribution in [3.8, 4) is 0 Å². The number of aliphatic imine (C=N–C) groups is 1. The molecule has 0 saturated carbocycles. The molecule has 0 spiro atoms. The molecule has 1 fully saturated rings. The van der Waals surface area contributed by atoms with E-state index in [4.69, 9.17) is 0 Å². The maximum Gasteiger partial charge on any atom is 0.191 e. The fourth-order valence-electron chi connectivity index (χ4n) is 2.78. The van der Waals surface area contributed by atoms with Crippen LogP contribution in [0.1, 0.15) is 37.8 Å². The van der Waals surface area contributed by atoms with Crippen molar-refractivity contribution in [2.75, 3.05) is 33.2 Å². The van der Waals surface area contributed by atoms with Crippen molar-refractivity contribution < 1.29 is 0 Å². The minimum absolute atomic E-state index is 0.626. The van der Waals surface area contributed by atoms with E-state index in [9.17, 15) is 0 Å². The van der Waals surface area contributed by atoms with Crippen LogP contribution < -0.4 is 10.6 Å². The van der Waals surface area contributed by atoms with Crippen LogP contribution in [0.3, 0.4) is 0 Å². The van der Waals surface area contributed by atoms with Crippen molar-refractivity contribution in [2.45, 2.75) is 39.7 Å². The molecule has 1 aliphatic rings. The van der Waals surface area contributed by atoms with Gasteiger partial charge in [0, 0.05) is 20.6 Å². The van der Waals surface area contributed by atoms with E-state index in [1.165, 1.54) is 32.5 Å². The summed E-state index contributed by atoms with van der Waals surface area (Å²) in [4.78, 5) is 6.83. The van der Waals surface area contributed by atoms with E-state index in [0.717, 1.165) is 36.5 Å². The van der Waals surface area contributed by atoms with Crippen molar-refractivity contribution in [3.63, 3.8) is 0 Å². The number of nitrogens with one attached hydrogen (secondary N) is 2. The molecule has 2 rings (SSSR count). The SMILES string of the molecule is CN=C(NCCCN1CCC(C)CC1)NCc1nnc(C)n1C. The second-order valence-electron chi connectivity index (χ2n) is 6.45. The molecule has 2 N–H and O–H groups in total. The highest BCUT2D eigenvalue weighted by Crippen LogP contribution is 2.15. The van der Waals surface area contributed by atoms with Gasteiger partial charge in [-0.15, -0.1) is 10.2 Å². The number of likely N-dealkylation sites (tertiary alicyclic amines) is 1. The van der Waals surface area contributed by atoms with E-state index < -0.39 is 0 Å². The summed E-state index contributed by atoms with van der Waals surface area (Å²) in [6.45, 7) is 9.53. The lowest BCUT2D eigenvalue weighted by Gasteiger charge is -2.30. The topological polar surface area (TPSA) is 70.4 Å². The first-order chi connectivity index (χ1) is 11.1. The summed E-state index contributed by atoms with van der Waals surface area (Å²) in [5.74, 6) is 3.54. The van der Waals surface area contributed by atoms with Crippen LogP contribution in [0.2, 0.25) is 0 Å². The van der Waals surface area contributed by atoms with E-state index in [-0.39, 0.29) is 0 Å². The van der Waals surface area contributed by atoms with Gasteiger partial charge in [-0.25, -0.2) is 0 Å². The molecule has 7 heteroatoms. The lowest BCUT2D eigenvalue weighted by Crippen LogP contribution is -2.39. The van der Waals surface area contributed by atoms with Crippen molar-refractivity contribution in [2.24, 2.45) is 18.0 Å². The highest BCUT2D eigenvalue weighted by atomic mass is 15.3. The number of piperidine rings is 1. The normalized spacial score (nSPS) is 17.5. The second-order valence-corrected chi connectivity index (χ2v) is 6.45. The van der Waals surface area contributed by atoms with Gasteiger partial charge in [0.15, 0.2) is 11.8 Å². The highest BCUT2D eigenvalue weighted by Gasteiger charge is 2.14. The lowest BCUT2D eigenvalue weighted by atomic mass is 9.99. The second kappa shape index (κ2) is 8.86. The van der Waals surface area contributed by atoms with Crippen LogP contribution in [0.5, 0.6) is 0 Å². The van der Waals surface area contributed by atoms with Crippen molar-refractivity contribution >= 4 is 5.96 Å². The van der Waals surface area contributed by atoms with Gasteiger partial charge >= 0.3 is 0 Å². The van der Waals surface area contributed by atoms with E-state index in [1.54, 1.807) is 7.05 Å². The number of guanidine groups is 1. The number of aryl methyl sites for hydroxylation is 1. The Morgan fingerprint density at radius 1 is 1.26 bits per heavy atom. The van der Waals surface area contributed by atoms with E-state index in [1.807, 2.05) is 18.5 Å². The number of rotatable bonds is 6. The van der Waals surface area contributed by atoms with Gasteiger partial charge < -0.3 is 20.1 Å². The average molecular weight is 321 g/mol. The third-order valence-electron chi connectivity index (χ3n) is 4.64. The average Bonchev–Trinajstić information content (AvgIpc) is 2.88. The highest BCUT2D eigenvalue weighted by molar-refractivity contribution is 5.79. The molecule has 7 nitrogen and oxygen atoms in total. The fraction of sp³-hybridized carbons (Fsp3) is 0.812. The first-order valence-corrected chi connectivity index (χ1v) is 8.62. The smallest absolute Gasteiger partial charge is 0.191 e. The zero-order valence-electron chi connectivity index (χ0n) is 15.0. The monoisotopic (exact) mass is 321 g/mol.